The van der Waals surface area contributed by atoms with Crippen LogP contribution in [0, 0.1) is 0 Å². The molecule has 2 aliphatic rings. The minimum Gasteiger partial charge on any atom is -0.490 e. The van der Waals surface area contributed by atoms with Gasteiger partial charge >= 0.3 is 0 Å². The summed E-state index contributed by atoms with van der Waals surface area (Å²) in [7, 11) is 1.76. The molecule has 2 aromatic rings. The topological polar surface area (TPSA) is 97.0 Å². The van der Waals surface area contributed by atoms with E-state index >= 15 is 0 Å². The van der Waals surface area contributed by atoms with Gasteiger partial charge in [-0.15, -0.1) is 0 Å². The Labute approximate surface area is 193 Å². The van der Waals surface area contributed by atoms with Crippen LogP contribution in [0.3, 0.4) is 0 Å². The number of hydrogen-bond donors (Lipinski definition) is 2. The van der Waals surface area contributed by atoms with Gasteiger partial charge in [-0.1, -0.05) is 18.2 Å². The van der Waals surface area contributed by atoms with Gasteiger partial charge in [-0.25, -0.2) is 0 Å². The summed E-state index contributed by atoms with van der Waals surface area (Å²) in [6.07, 6.45) is 1.20. The summed E-state index contributed by atoms with van der Waals surface area (Å²) < 4.78 is 12.1. The molecule has 2 aliphatic heterocycles. The first-order valence-corrected chi connectivity index (χ1v) is 11.3. The van der Waals surface area contributed by atoms with E-state index in [0.29, 0.717) is 42.0 Å². The van der Waals surface area contributed by atoms with Crippen molar-refractivity contribution in [3.8, 4) is 5.75 Å². The Hall–Kier alpha value is -3.39. The number of ether oxygens (including phenoxy) is 2. The normalized spacial score (nSPS) is 22.2. The molecule has 0 unspecified atom stereocenters. The molecule has 4 rings (SSSR count). The molecule has 3 amide bonds. The zero-order valence-electron chi connectivity index (χ0n) is 18.9. The van der Waals surface area contributed by atoms with Gasteiger partial charge in [0, 0.05) is 24.8 Å². The molecule has 33 heavy (non-hydrogen) atoms. The number of carbonyl (C=O) groups is 3. The SMILES string of the molecule is CCNC(=O)C[C@H]1CC[C@H]2[C@H](COc3ccc(NC(=O)c4ccccc4)cc3C(=O)N2C)O1. The fraction of sp³-hybridized carbons (Fsp3) is 0.400. The van der Waals surface area contributed by atoms with Crippen molar-refractivity contribution in [1.82, 2.24) is 10.2 Å². The molecule has 0 saturated carbocycles. The van der Waals surface area contributed by atoms with Crippen molar-refractivity contribution >= 4 is 23.4 Å². The largest absolute Gasteiger partial charge is 0.490 e. The number of benzene rings is 2. The molecule has 1 saturated heterocycles. The molecule has 8 nitrogen and oxygen atoms in total. The average molecular weight is 452 g/mol. The first-order valence-electron chi connectivity index (χ1n) is 11.3. The Morgan fingerprint density at radius 1 is 1.12 bits per heavy atom. The van der Waals surface area contributed by atoms with Crippen molar-refractivity contribution < 1.29 is 23.9 Å². The van der Waals surface area contributed by atoms with Crippen LogP contribution in [0.4, 0.5) is 5.69 Å². The fourth-order valence-electron chi connectivity index (χ4n) is 4.37. The number of hydrogen-bond acceptors (Lipinski definition) is 5. The standard InChI is InChI=1S/C25H29N3O5/c1-3-26-23(29)14-18-10-11-20-22(33-18)15-32-21-12-9-17(13-19(21)25(31)28(20)2)27-24(30)16-7-5-4-6-8-16/h4-9,12-13,18,20,22H,3,10-11,14-15H2,1-2H3,(H,26,29)(H,27,30)/t18-,20+,22+/m1/s1. The second-order valence-electron chi connectivity index (χ2n) is 8.36. The molecule has 8 heteroatoms. The minimum atomic E-state index is -0.322. The molecule has 0 aromatic heterocycles. The van der Waals surface area contributed by atoms with E-state index in [4.69, 9.17) is 9.47 Å². The van der Waals surface area contributed by atoms with Crippen molar-refractivity contribution in [1.29, 1.82) is 0 Å². The van der Waals surface area contributed by atoms with Crippen molar-refractivity contribution in [2.75, 3.05) is 25.5 Å². The summed E-state index contributed by atoms with van der Waals surface area (Å²) in [6.45, 7) is 2.74. The Balaban J connectivity index is 1.49. The number of nitrogens with zero attached hydrogens (tertiary/aromatic N) is 1. The van der Waals surface area contributed by atoms with Gasteiger partial charge < -0.3 is 25.0 Å². The van der Waals surface area contributed by atoms with Crippen LogP contribution in [-0.4, -0.2) is 61.1 Å². The monoisotopic (exact) mass is 451 g/mol. The van der Waals surface area contributed by atoms with Gasteiger partial charge in [0.15, 0.2) is 0 Å². The number of anilines is 1. The minimum absolute atomic E-state index is 0.0347. The van der Waals surface area contributed by atoms with E-state index in [1.54, 1.807) is 54.4 Å². The van der Waals surface area contributed by atoms with E-state index in [0.717, 1.165) is 6.42 Å². The van der Waals surface area contributed by atoms with Gasteiger partial charge in [0.2, 0.25) is 5.91 Å². The van der Waals surface area contributed by atoms with Crippen LogP contribution in [0.1, 0.15) is 46.9 Å². The fourth-order valence-corrected chi connectivity index (χ4v) is 4.37. The molecule has 1 fully saturated rings. The molecule has 0 radical (unpaired) electrons. The maximum absolute atomic E-state index is 13.3. The lowest BCUT2D eigenvalue weighted by atomic mass is 9.94. The number of amides is 3. The molecular weight excluding hydrogens is 422 g/mol. The third-order valence-corrected chi connectivity index (χ3v) is 6.09. The van der Waals surface area contributed by atoms with E-state index in [1.807, 2.05) is 13.0 Å². The number of fused-ring (bicyclic) bond motifs is 2. The van der Waals surface area contributed by atoms with E-state index < -0.39 is 0 Å². The Morgan fingerprint density at radius 3 is 2.67 bits per heavy atom. The highest BCUT2D eigenvalue weighted by Gasteiger charge is 2.39. The highest BCUT2D eigenvalue weighted by Crippen LogP contribution is 2.32. The third kappa shape index (κ3) is 5.17. The molecule has 0 spiro atoms. The molecule has 174 valence electrons. The van der Waals surface area contributed by atoms with Crippen molar-refractivity contribution in [3.63, 3.8) is 0 Å². The smallest absolute Gasteiger partial charge is 0.257 e. The van der Waals surface area contributed by atoms with Crippen LogP contribution in [0.25, 0.3) is 0 Å². The van der Waals surface area contributed by atoms with E-state index in [1.165, 1.54) is 0 Å². The predicted molar refractivity (Wildman–Crippen MR) is 123 cm³/mol. The van der Waals surface area contributed by atoms with E-state index in [-0.39, 0.29) is 42.6 Å². The van der Waals surface area contributed by atoms with Gasteiger partial charge in [0.05, 0.1) is 24.1 Å². The lowest BCUT2D eigenvalue weighted by Crippen LogP contribution is -2.54. The van der Waals surface area contributed by atoms with Crippen LogP contribution in [-0.2, 0) is 9.53 Å². The highest BCUT2D eigenvalue weighted by molar-refractivity contribution is 6.05. The summed E-state index contributed by atoms with van der Waals surface area (Å²) >= 11 is 0. The third-order valence-electron chi connectivity index (χ3n) is 6.09. The second kappa shape index (κ2) is 10.0. The maximum atomic E-state index is 13.3. The summed E-state index contributed by atoms with van der Waals surface area (Å²) in [5.74, 6) is -0.0340. The summed E-state index contributed by atoms with van der Waals surface area (Å²) in [4.78, 5) is 39.5. The first-order chi connectivity index (χ1) is 16.0. The summed E-state index contributed by atoms with van der Waals surface area (Å²) in [6, 6.07) is 13.8. The summed E-state index contributed by atoms with van der Waals surface area (Å²) in [5, 5.41) is 5.64. The van der Waals surface area contributed by atoms with Crippen molar-refractivity contribution in [3.05, 3.63) is 59.7 Å². The van der Waals surface area contributed by atoms with Crippen LogP contribution in [0.5, 0.6) is 5.75 Å². The quantitative estimate of drug-likeness (QED) is 0.729. The Bertz CT molecular complexity index is 1030. The zero-order valence-corrected chi connectivity index (χ0v) is 18.9. The van der Waals surface area contributed by atoms with Crippen molar-refractivity contribution in [2.24, 2.45) is 0 Å². The van der Waals surface area contributed by atoms with Crippen LogP contribution >= 0.6 is 0 Å². The Kier molecular flexibility index (Phi) is 6.93. The van der Waals surface area contributed by atoms with Gasteiger partial charge in [0.1, 0.15) is 18.5 Å². The number of rotatable bonds is 5. The van der Waals surface area contributed by atoms with Crippen LogP contribution in [0.15, 0.2) is 48.5 Å². The van der Waals surface area contributed by atoms with Gasteiger partial charge in [-0.2, -0.15) is 0 Å². The lowest BCUT2D eigenvalue weighted by Gasteiger charge is -2.42. The first kappa shape index (κ1) is 22.8. The zero-order chi connectivity index (χ0) is 23.4. The Morgan fingerprint density at radius 2 is 1.91 bits per heavy atom. The number of nitrogens with one attached hydrogen (secondary N) is 2. The van der Waals surface area contributed by atoms with Crippen LogP contribution < -0.4 is 15.4 Å². The molecule has 2 N–H and O–H groups in total. The van der Waals surface area contributed by atoms with E-state index in [2.05, 4.69) is 10.6 Å². The highest BCUT2D eigenvalue weighted by atomic mass is 16.5. The maximum Gasteiger partial charge on any atom is 0.257 e. The van der Waals surface area contributed by atoms with Gasteiger partial charge in [-0.3, -0.25) is 14.4 Å². The molecule has 0 bridgehead atoms. The van der Waals surface area contributed by atoms with Gasteiger partial charge in [0.25, 0.3) is 11.8 Å². The van der Waals surface area contributed by atoms with Gasteiger partial charge in [-0.05, 0) is 50.1 Å². The molecule has 2 aromatic carbocycles. The number of likely N-dealkylation sites (N-methyl/N-ethyl adjacent to an activating group) is 1. The molecule has 3 atom stereocenters. The second-order valence-corrected chi connectivity index (χ2v) is 8.36. The molecular formula is C25H29N3O5. The van der Waals surface area contributed by atoms with Crippen LogP contribution in [0.2, 0.25) is 0 Å². The average Bonchev–Trinajstić information content (AvgIpc) is 2.82. The lowest BCUT2D eigenvalue weighted by molar-refractivity contribution is -0.133. The predicted octanol–water partition coefficient (Wildman–Crippen LogP) is 2.85. The van der Waals surface area contributed by atoms with Crippen molar-refractivity contribution in [2.45, 2.75) is 44.4 Å². The van der Waals surface area contributed by atoms with E-state index in [9.17, 15) is 14.4 Å². The molecule has 0 aliphatic carbocycles. The molecule has 2 heterocycles. The number of carbonyl (C=O) groups excluding carboxylic acids is 3. The summed E-state index contributed by atoms with van der Waals surface area (Å²) in [5.41, 5.74) is 1.45.